The van der Waals surface area contributed by atoms with Crippen molar-refractivity contribution in [3.8, 4) is 0 Å². The Hall–Kier alpha value is 0.500. The average molecular weight is 156 g/mol. The summed E-state index contributed by atoms with van der Waals surface area (Å²) < 4.78 is 25.3. The topological polar surface area (TPSA) is 63.2 Å². The summed E-state index contributed by atoms with van der Waals surface area (Å²) in [6.45, 7) is 6.69. The van der Waals surface area contributed by atoms with Crippen LogP contribution in [0.5, 0.6) is 0 Å². The van der Waals surface area contributed by atoms with Crippen LogP contribution in [0.3, 0.4) is 0 Å². The lowest BCUT2D eigenvalue weighted by molar-refractivity contribution is 0.419. The van der Waals surface area contributed by atoms with E-state index in [0.717, 1.165) is 0 Å². The van der Waals surface area contributed by atoms with Crippen LogP contribution >= 0.6 is 7.92 Å². The van der Waals surface area contributed by atoms with Crippen LogP contribution in [-0.2, 0) is 11.4 Å². The van der Waals surface area contributed by atoms with E-state index in [0.29, 0.717) is 7.92 Å². The fourth-order valence-corrected chi connectivity index (χ4v) is 0. The van der Waals surface area contributed by atoms with Crippen molar-refractivity contribution >= 4 is 19.3 Å². The van der Waals surface area contributed by atoms with Gasteiger partial charge in [-0.15, -0.1) is 19.3 Å². The van der Waals surface area contributed by atoms with E-state index in [2.05, 4.69) is 20.0 Å². The molecule has 0 aliphatic heterocycles. The molecule has 0 aromatic heterocycles. The predicted molar refractivity (Wildman–Crippen MR) is 34.4 cm³/mol. The van der Waals surface area contributed by atoms with Crippen LogP contribution < -0.4 is 0 Å². The Morgan fingerprint density at radius 2 is 1.25 bits per heavy atom. The Morgan fingerprint density at radius 1 is 1.25 bits per heavy atom. The number of hydrogen-bond donors (Lipinski definition) is 0. The van der Waals surface area contributed by atoms with Crippen molar-refractivity contribution in [3.05, 3.63) is 0 Å². The second-order valence-corrected chi connectivity index (χ2v) is 4.64. The maximum atomic E-state index is 8.44. The molecule has 0 saturated heterocycles. The molecule has 0 atom stereocenters. The van der Waals surface area contributed by atoms with Crippen LogP contribution in [0.4, 0.5) is 0 Å². The summed E-state index contributed by atoms with van der Waals surface area (Å²) in [6.07, 6.45) is 0. The zero-order valence-corrected chi connectivity index (χ0v) is 6.79. The molecule has 0 aliphatic rings. The fourth-order valence-electron chi connectivity index (χ4n) is 0. The van der Waals surface area contributed by atoms with Gasteiger partial charge in [-0.05, 0) is 20.0 Å². The summed E-state index contributed by atoms with van der Waals surface area (Å²) in [5, 5.41) is 0. The van der Waals surface area contributed by atoms with Crippen LogP contribution in [0.15, 0.2) is 0 Å². The van der Waals surface area contributed by atoms with Gasteiger partial charge in [0.15, 0.2) is 0 Å². The summed E-state index contributed by atoms with van der Waals surface area (Å²) in [7, 11) is 0.380. The monoisotopic (exact) mass is 156 g/mol. The van der Waals surface area contributed by atoms with Crippen molar-refractivity contribution in [1.29, 1.82) is 0 Å². The van der Waals surface area contributed by atoms with Crippen molar-refractivity contribution in [2.75, 3.05) is 20.0 Å². The molecule has 0 aliphatic carbocycles. The molecule has 0 aromatic rings. The molecule has 0 aromatic carbocycles. The molecule has 3 nitrogen and oxygen atoms in total. The largest absolute Gasteiger partial charge is 0.784 e. The summed E-state index contributed by atoms with van der Waals surface area (Å²) >= 11 is -3.11. The van der Waals surface area contributed by atoms with Crippen LogP contribution in [0.25, 0.3) is 0 Å². The highest BCUT2D eigenvalue weighted by Crippen LogP contribution is 2.14. The molecule has 0 bridgehead atoms. The lowest BCUT2D eigenvalue weighted by Gasteiger charge is -2.03. The van der Waals surface area contributed by atoms with E-state index in [1.165, 1.54) is 0 Å². The van der Waals surface area contributed by atoms with E-state index < -0.39 is 11.4 Å². The highest BCUT2D eigenvalue weighted by molar-refractivity contribution is 7.72. The highest BCUT2D eigenvalue weighted by Gasteiger charge is 1.65. The minimum atomic E-state index is -3.11. The van der Waals surface area contributed by atoms with Gasteiger partial charge < -0.3 is 9.11 Å². The van der Waals surface area contributed by atoms with Crippen molar-refractivity contribution in [2.45, 2.75) is 0 Å². The van der Waals surface area contributed by atoms with E-state index in [1.54, 1.807) is 0 Å². The molecule has 52 valence electrons. The van der Waals surface area contributed by atoms with Crippen molar-refractivity contribution in [2.24, 2.45) is 0 Å². The predicted octanol–water partition coefficient (Wildman–Crippen LogP) is 0.354. The van der Waals surface area contributed by atoms with Crippen molar-refractivity contribution in [3.63, 3.8) is 0 Å². The second-order valence-electron chi connectivity index (χ2n) is 1.55. The molecule has 0 unspecified atom stereocenters. The van der Waals surface area contributed by atoms with Crippen LogP contribution in [0.2, 0.25) is 0 Å². The molecular formula is C3H9O3PS-2. The first-order valence-corrected chi connectivity index (χ1v) is 5.52. The summed E-state index contributed by atoms with van der Waals surface area (Å²) in [5.41, 5.74) is 0. The van der Waals surface area contributed by atoms with Gasteiger partial charge in [-0.2, -0.15) is 0 Å². The molecule has 0 heterocycles. The SMILES string of the molecule is CP(C)C.O=S([O-])[O-]. The zero-order chi connectivity index (χ0) is 7.15. The Balaban J connectivity index is 0. The van der Waals surface area contributed by atoms with Gasteiger partial charge in [0.05, 0.1) is 0 Å². The molecule has 0 fully saturated rings. The summed E-state index contributed by atoms with van der Waals surface area (Å²) in [6, 6.07) is 0. The second kappa shape index (κ2) is 7.50. The first-order chi connectivity index (χ1) is 3.46. The maximum absolute atomic E-state index is 8.44. The van der Waals surface area contributed by atoms with E-state index in [9.17, 15) is 0 Å². The van der Waals surface area contributed by atoms with E-state index in [-0.39, 0.29) is 0 Å². The molecule has 0 N–H and O–H groups in total. The maximum Gasteiger partial charge on any atom is -0.0449 e. The normalized spacial score (nSPS) is 8.88. The zero-order valence-electron chi connectivity index (χ0n) is 5.08. The average Bonchev–Trinajstić information content (AvgIpc) is 1.25. The van der Waals surface area contributed by atoms with Gasteiger partial charge >= 0.3 is 0 Å². The Bertz CT molecular complexity index is 58.8. The molecule has 0 radical (unpaired) electrons. The van der Waals surface area contributed by atoms with Gasteiger partial charge in [0, 0.05) is 0 Å². The molecule has 0 saturated carbocycles. The van der Waals surface area contributed by atoms with E-state index in [4.69, 9.17) is 13.3 Å². The van der Waals surface area contributed by atoms with Gasteiger partial charge in [0.25, 0.3) is 0 Å². The molecule has 8 heavy (non-hydrogen) atoms. The van der Waals surface area contributed by atoms with Crippen molar-refractivity contribution < 1.29 is 13.3 Å². The third-order valence-electron chi connectivity index (χ3n) is 0. The molecule has 0 amide bonds. The fraction of sp³-hybridized carbons (Fsp3) is 1.00. The lowest BCUT2D eigenvalue weighted by Crippen LogP contribution is -1.76. The third kappa shape index (κ3) is 787. The van der Waals surface area contributed by atoms with Crippen molar-refractivity contribution in [1.82, 2.24) is 0 Å². The quantitative estimate of drug-likeness (QED) is 0.375. The third-order valence-corrected chi connectivity index (χ3v) is 0. The van der Waals surface area contributed by atoms with E-state index >= 15 is 0 Å². The standard InChI is InChI=1S/C3H9P.H2O3S/c2*1-4(2)3/h1-3H3;(H2,1,2,3)/p-2. The van der Waals surface area contributed by atoms with Gasteiger partial charge in [-0.25, -0.2) is 0 Å². The van der Waals surface area contributed by atoms with Crippen LogP contribution in [0, 0.1) is 0 Å². The molecule has 0 rings (SSSR count). The summed E-state index contributed by atoms with van der Waals surface area (Å²) in [5.74, 6) is 0. The van der Waals surface area contributed by atoms with Crippen LogP contribution in [-0.4, -0.2) is 33.3 Å². The molecule has 0 spiro atoms. The van der Waals surface area contributed by atoms with Gasteiger partial charge in [0.1, 0.15) is 0 Å². The first-order valence-electron chi connectivity index (χ1n) is 1.84. The minimum absolute atomic E-state index is 0.380. The number of hydrogen-bond acceptors (Lipinski definition) is 3. The highest BCUT2D eigenvalue weighted by atomic mass is 32.2. The Kier molecular flexibility index (Phi) is 10.6. The Morgan fingerprint density at radius 3 is 1.25 bits per heavy atom. The van der Waals surface area contributed by atoms with Gasteiger partial charge in [-0.1, -0.05) is 0 Å². The summed E-state index contributed by atoms with van der Waals surface area (Å²) in [4.78, 5) is 0. The van der Waals surface area contributed by atoms with Gasteiger partial charge in [-0.3, -0.25) is 4.21 Å². The lowest BCUT2D eigenvalue weighted by atomic mass is 11.9. The molecular weight excluding hydrogens is 147 g/mol. The van der Waals surface area contributed by atoms with Gasteiger partial charge in [0.2, 0.25) is 0 Å². The Labute approximate surface area is 53.4 Å². The van der Waals surface area contributed by atoms with Crippen LogP contribution in [0.1, 0.15) is 0 Å². The first kappa shape index (κ1) is 11.3. The number of rotatable bonds is 0. The smallest absolute Gasteiger partial charge is 0.0449 e. The van der Waals surface area contributed by atoms with E-state index in [1.807, 2.05) is 0 Å². The molecule has 5 heteroatoms. The minimum Gasteiger partial charge on any atom is -0.784 e.